The van der Waals surface area contributed by atoms with Gasteiger partial charge in [0.15, 0.2) is 0 Å². The third kappa shape index (κ3) is 4.27. The summed E-state index contributed by atoms with van der Waals surface area (Å²) in [6, 6.07) is 6.54. The van der Waals surface area contributed by atoms with Crippen LogP contribution in [0.25, 0.3) is 0 Å². The van der Waals surface area contributed by atoms with Crippen molar-refractivity contribution < 1.29 is 8.42 Å². The quantitative estimate of drug-likeness (QED) is 0.813. The molecule has 0 aliphatic carbocycles. The molecule has 0 radical (unpaired) electrons. The van der Waals surface area contributed by atoms with Gasteiger partial charge >= 0.3 is 0 Å². The van der Waals surface area contributed by atoms with Gasteiger partial charge in [0.2, 0.25) is 10.0 Å². The van der Waals surface area contributed by atoms with Crippen LogP contribution in [-0.2, 0) is 10.0 Å². The van der Waals surface area contributed by atoms with E-state index in [2.05, 4.69) is 16.0 Å². The Balaban J connectivity index is 3.21. The van der Waals surface area contributed by atoms with Gasteiger partial charge in [-0.1, -0.05) is 18.1 Å². The number of nitrogens with one attached hydrogen (secondary N) is 2. The van der Waals surface area contributed by atoms with Crippen LogP contribution in [0.3, 0.4) is 0 Å². The Bertz CT molecular complexity index is 584. The first-order valence-corrected chi connectivity index (χ1v) is 7.53. The van der Waals surface area contributed by atoms with E-state index < -0.39 is 15.6 Å². The highest BCUT2D eigenvalue weighted by molar-refractivity contribution is 7.89. The standard InChI is InChI=1S/C14H20N2O2S/c1-6-14(4,5)15-12-9-7-8-10-13(12)19(17,18)16-11(2)3/h1,7-11,15-16H,2-5H3. The van der Waals surface area contributed by atoms with Gasteiger partial charge in [0.05, 0.1) is 11.2 Å². The first-order chi connectivity index (χ1) is 8.68. The van der Waals surface area contributed by atoms with Crippen molar-refractivity contribution in [3.8, 4) is 12.3 Å². The summed E-state index contributed by atoms with van der Waals surface area (Å²) in [5.41, 5.74) is -0.123. The molecular formula is C14H20N2O2S. The van der Waals surface area contributed by atoms with Crippen molar-refractivity contribution in [1.82, 2.24) is 4.72 Å². The van der Waals surface area contributed by atoms with Crippen LogP contribution in [-0.4, -0.2) is 20.0 Å². The maximum Gasteiger partial charge on any atom is 0.242 e. The topological polar surface area (TPSA) is 58.2 Å². The summed E-state index contributed by atoms with van der Waals surface area (Å²) in [5, 5.41) is 3.06. The fraction of sp³-hybridized carbons (Fsp3) is 0.429. The van der Waals surface area contributed by atoms with Gasteiger partial charge in [-0.05, 0) is 39.8 Å². The zero-order valence-corrected chi connectivity index (χ0v) is 12.5. The van der Waals surface area contributed by atoms with Gasteiger partial charge in [-0.2, -0.15) is 0 Å². The third-order valence-corrected chi connectivity index (χ3v) is 4.09. The fourth-order valence-corrected chi connectivity index (χ4v) is 2.96. The fourth-order valence-electron chi connectivity index (χ4n) is 1.55. The maximum absolute atomic E-state index is 12.2. The molecule has 4 nitrogen and oxygen atoms in total. The highest BCUT2D eigenvalue weighted by Gasteiger charge is 2.22. The molecule has 0 fully saturated rings. The van der Waals surface area contributed by atoms with E-state index in [-0.39, 0.29) is 10.9 Å². The molecule has 0 amide bonds. The smallest absolute Gasteiger partial charge is 0.242 e. The Kier molecular flexibility index (Phi) is 4.61. The van der Waals surface area contributed by atoms with Crippen LogP contribution in [0.1, 0.15) is 27.7 Å². The van der Waals surface area contributed by atoms with Gasteiger partial charge in [-0.25, -0.2) is 13.1 Å². The number of rotatable bonds is 5. The second-order valence-corrected chi connectivity index (χ2v) is 6.85. The Labute approximate surface area is 115 Å². The summed E-state index contributed by atoms with van der Waals surface area (Å²) in [6.07, 6.45) is 5.42. The lowest BCUT2D eigenvalue weighted by atomic mass is 10.1. The largest absolute Gasteiger partial charge is 0.368 e. The highest BCUT2D eigenvalue weighted by atomic mass is 32.2. The van der Waals surface area contributed by atoms with Crippen molar-refractivity contribution >= 4 is 15.7 Å². The lowest BCUT2D eigenvalue weighted by Crippen LogP contribution is -2.33. The molecule has 5 heteroatoms. The first kappa shape index (κ1) is 15.5. The molecule has 104 valence electrons. The number of benzene rings is 1. The molecule has 0 aromatic heterocycles. The summed E-state index contributed by atoms with van der Waals surface area (Å²) in [5.74, 6) is 2.58. The minimum atomic E-state index is -3.55. The molecule has 0 atom stereocenters. The van der Waals surface area contributed by atoms with Gasteiger partial charge in [0.25, 0.3) is 0 Å². The molecule has 1 aromatic rings. The zero-order valence-electron chi connectivity index (χ0n) is 11.7. The number of para-hydroxylation sites is 1. The number of terminal acetylenes is 1. The summed E-state index contributed by atoms with van der Waals surface area (Å²) < 4.78 is 27.0. The van der Waals surface area contributed by atoms with Gasteiger partial charge < -0.3 is 5.32 Å². The SMILES string of the molecule is C#CC(C)(C)Nc1ccccc1S(=O)(=O)NC(C)C. The van der Waals surface area contributed by atoms with Crippen LogP contribution >= 0.6 is 0 Å². The summed E-state index contributed by atoms with van der Waals surface area (Å²) in [6.45, 7) is 7.18. The highest BCUT2D eigenvalue weighted by Crippen LogP contribution is 2.24. The Hall–Kier alpha value is -1.51. The van der Waals surface area contributed by atoms with E-state index in [0.717, 1.165) is 0 Å². The lowest BCUT2D eigenvalue weighted by molar-refractivity contribution is 0.570. The number of hydrogen-bond acceptors (Lipinski definition) is 3. The van der Waals surface area contributed by atoms with E-state index in [1.165, 1.54) is 0 Å². The van der Waals surface area contributed by atoms with E-state index in [1.807, 2.05) is 13.8 Å². The summed E-state index contributed by atoms with van der Waals surface area (Å²) in [7, 11) is -3.55. The van der Waals surface area contributed by atoms with E-state index in [1.54, 1.807) is 38.1 Å². The molecule has 1 rings (SSSR count). The van der Waals surface area contributed by atoms with Crippen LogP contribution in [0.15, 0.2) is 29.2 Å². The molecule has 19 heavy (non-hydrogen) atoms. The first-order valence-electron chi connectivity index (χ1n) is 6.05. The predicted molar refractivity (Wildman–Crippen MR) is 78.4 cm³/mol. The predicted octanol–water partition coefficient (Wildman–Crippen LogP) is 2.20. The van der Waals surface area contributed by atoms with Crippen molar-refractivity contribution in [2.24, 2.45) is 0 Å². The van der Waals surface area contributed by atoms with Crippen molar-refractivity contribution in [3.05, 3.63) is 24.3 Å². The second kappa shape index (κ2) is 5.64. The molecule has 0 aliphatic rings. The minimum absolute atomic E-state index is 0.168. The lowest BCUT2D eigenvalue weighted by Gasteiger charge is -2.23. The molecule has 0 bridgehead atoms. The molecule has 0 saturated heterocycles. The van der Waals surface area contributed by atoms with Crippen molar-refractivity contribution in [1.29, 1.82) is 0 Å². The van der Waals surface area contributed by atoms with Crippen molar-refractivity contribution in [3.63, 3.8) is 0 Å². The zero-order chi connectivity index (χ0) is 14.7. The van der Waals surface area contributed by atoms with Crippen molar-refractivity contribution in [2.45, 2.75) is 44.2 Å². The Morgan fingerprint density at radius 1 is 1.26 bits per heavy atom. The van der Waals surface area contributed by atoms with E-state index in [0.29, 0.717) is 5.69 Å². The van der Waals surface area contributed by atoms with Gasteiger partial charge in [-0.15, -0.1) is 6.42 Å². The van der Waals surface area contributed by atoms with Crippen molar-refractivity contribution in [2.75, 3.05) is 5.32 Å². The molecule has 0 aliphatic heterocycles. The van der Waals surface area contributed by atoms with Gasteiger partial charge in [0.1, 0.15) is 4.90 Å². The molecule has 0 spiro atoms. The van der Waals surface area contributed by atoms with Gasteiger partial charge in [0, 0.05) is 6.04 Å². The normalized spacial score (nSPS) is 12.2. The molecule has 2 N–H and O–H groups in total. The third-order valence-electron chi connectivity index (χ3n) is 2.38. The van der Waals surface area contributed by atoms with Crippen LogP contribution in [0, 0.1) is 12.3 Å². The number of anilines is 1. The average Bonchev–Trinajstić information content (AvgIpc) is 2.27. The molecule has 1 aromatic carbocycles. The monoisotopic (exact) mass is 280 g/mol. The van der Waals surface area contributed by atoms with E-state index >= 15 is 0 Å². The van der Waals surface area contributed by atoms with Gasteiger partial charge in [-0.3, -0.25) is 0 Å². The van der Waals surface area contributed by atoms with Crippen LogP contribution in [0.4, 0.5) is 5.69 Å². The van der Waals surface area contributed by atoms with E-state index in [4.69, 9.17) is 6.42 Å². The van der Waals surface area contributed by atoms with Crippen LogP contribution in [0.5, 0.6) is 0 Å². The Morgan fingerprint density at radius 3 is 2.37 bits per heavy atom. The number of sulfonamides is 1. The molecule has 0 heterocycles. The minimum Gasteiger partial charge on any atom is -0.368 e. The summed E-state index contributed by atoms with van der Waals surface area (Å²) >= 11 is 0. The number of hydrogen-bond donors (Lipinski definition) is 2. The average molecular weight is 280 g/mol. The maximum atomic E-state index is 12.2. The van der Waals surface area contributed by atoms with E-state index in [9.17, 15) is 8.42 Å². The molecular weight excluding hydrogens is 260 g/mol. The Morgan fingerprint density at radius 2 is 1.84 bits per heavy atom. The molecule has 0 unspecified atom stereocenters. The molecule has 0 saturated carbocycles. The van der Waals surface area contributed by atoms with Crippen LogP contribution < -0.4 is 10.0 Å². The van der Waals surface area contributed by atoms with Crippen LogP contribution in [0.2, 0.25) is 0 Å². The summed E-state index contributed by atoms with van der Waals surface area (Å²) in [4.78, 5) is 0.201. The second-order valence-electron chi connectivity index (χ2n) is 5.17.